The molecule has 0 spiro atoms. The highest BCUT2D eigenvalue weighted by molar-refractivity contribution is 5.94. The zero-order valence-electron chi connectivity index (χ0n) is 14.8. The van der Waals surface area contributed by atoms with E-state index in [2.05, 4.69) is 35.8 Å². The van der Waals surface area contributed by atoms with Crippen molar-refractivity contribution in [2.45, 2.75) is 19.8 Å². The number of aromatic nitrogens is 5. The van der Waals surface area contributed by atoms with Crippen LogP contribution in [0.2, 0.25) is 0 Å². The fourth-order valence-electron chi connectivity index (χ4n) is 2.44. The summed E-state index contributed by atoms with van der Waals surface area (Å²) in [6.07, 6.45) is 1.18. The number of amides is 1. The molecule has 0 radical (unpaired) electrons. The molecule has 0 saturated carbocycles. The van der Waals surface area contributed by atoms with Gasteiger partial charge in [0.2, 0.25) is 11.6 Å². The van der Waals surface area contributed by atoms with E-state index in [0.717, 1.165) is 0 Å². The molecule has 0 saturated heterocycles. The summed E-state index contributed by atoms with van der Waals surface area (Å²) in [7, 11) is 0. The average molecular weight is 385 g/mol. The Bertz CT molecular complexity index is 1050. The number of benzene rings is 1. The lowest BCUT2D eigenvalue weighted by molar-refractivity contribution is -0.385. The third-order valence-corrected chi connectivity index (χ3v) is 3.67. The van der Waals surface area contributed by atoms with E-state index in [0.29, 0.717) is 5.69 Å². The van der Waals surface area contributed by atoms with Crippen LogP contribution in [0, 0.1) is 10.1 Å². The zero-order valence-corrected chi connectivity index (χ0v) is 14.8. The van der Waals surface area contributed by atoms with Gasteiger partial charge in [0.1, 0.15) is 0 Å². The van der Waals surface area contributed by atoms with Crippen LogP contribution in [0.4, 0.5) is 11.5 Å². The molecule has 0 atom stereocenters. The van der Waals surface area contributed by atoms with Crippen molar-refractivity contribution in [2.24, 2.45) is 5.10 Å². The summed E-state index contributed by atoms with van der Waals surface area (Å²) in [6, 6.07) is 5.99. The molecule has 3 aromatic rings. The number of nitrogen functional groups attached to an aromatic ring is 1. The van der Waals surface area contributed by atoms with E-state index in [9.17, 15) is 14.9 Å². The van der Waals surface area contributed by atoms with E-state index in [1.54, 1.807) is 6.07 Å². The Balaban J connectivity index is 1.85. The second-order valence-electron chi connectivity index (χ2n) is 5.88. The Morgan fingerprint density at radius 2 is 2.14 bits per heavy atom. The molecule has 3 rings (SSSR count). The molecule has 0 fully saturated rings. The minimum atomic E-state index is -0.653. The van der Waals surface area contributed by atoms with Gasteiger partial charge in [-0.25, -0.2) is 10.1 Å². The molecule has 0 aliphatic carbocycles. The lowest BCUT2D eigenvalue weighted by atomic mass is 10.1. The summed E-state index contributed by atoms with van der Waals surface area (Å²) in [6.45, 7) is 3.65. The summed E-state index contributed by atoms with van der Waals surface area (Å²) in [5.41, 5.74) is 8.48. The van der Waals surface area contributed by atoms with Crippen molar-refractivity contribution in [3.05, 3.63) is 51.3 Å². The molecule has 13 heteroatoms. The van der Waals surface area contributed by atoms with Crippen LogP contribution in [0.15, 0.2) is 34.0 Å². The molecule has 1 amide bonds. The Kier molecular flexibility index (Phi) is 5.06. The van der Waals surface area contributed by atoms with Gasteiger partial charge in [-0.3, -0.25) is 14.9 Å². The standard InChI is InChI=1S/C15H15N9O4/c1-8(2)12-11(18-22-23(12)14-13(16)20-28-21-14)15(25)19-17-7-9-5-3-4-6-10(9)24(26)27/h3-8H,1-2H3,(H2,16,20)(H,19,25)/b17-7-. The van der Waals surface area contributed by atoms with Crippen LogP contribution in [-0.4, -0.2) is 42.4 Å². The van der Waals surface area contributed by atoms with Crippen LogP contribution >= 0.6 is 0 Å². The number of hydrogen-bond acceptors (Lipinski definition) is 10. The maximum Gasteiger partial charge on any atom is 0.293 e. The molecule has 144 valence electrons. The van der Waals surface area contributed by atoms with Gasteiger partial charge < -0.3 is 5.73 Å². The normalized spacial score (nSPS) is 11.2. The van der Waals surface area contributed by atoms with Crippen molar-refractivity contribution in [2.75, 3.05) is 5.73 Å². The topological polar surface area (TPSA) is 180 Å². The quantitative estimate of drug-likeness (QED) is 0.356. The van der Waals surface area contributed by atoms with Gasteiger partial charge in [0.15, 0.2) is 5.69 Å². The van der Waals surface area contributed by atoms with Gasteiger partial charge in [-0.15, -0.1) is 5.10 Å². The van der Waals surface area contributed by atoms with Crippen LogP contribution in [0.25, 0.3) is 5.82 Å². The molecular weight excluding hydrogens is 370 g/mol. The number of anilines is 1. The summed E-state index contributed by atoms with van der Waals surface area (Å²) >= 11 is 0. The average Bonchev–Trinajstić information content (AvgIpc) is 3.27. The minimum Gasteiger partial charge on any atom is -0.378 e. The first-order chi connectivity index (χ1) is 13.4. The van der Waals surface area contributed by atoms with E-state index in [1.807, 2.05) is 13.8 Å². The first-order valence-corrected chi connectivity index (χ1v) is 8.01. The van der Waals surface area contributed by atoms with Gasteiger partial charge in [0.25, 0.3) is 11.6 Å². The molecule has 2 heterocycles. The largest absolute Gasteiger partial charge is 0.378 e. The van der Waals surface area contributed by atoms with Crippen LogP contribution in [0.1, 0.15) is 41.5 Å². The van der Waals surface area contributed by atoms with Gasteiger partial charge in [-0.1, -0.05) is 31.2 Å². The molecule has 0 bridgehead atoms. The zero-order chi connectivity index (χ0) is 20.3. The summed E-state index contributed by atoms with van der Waals surface area (Å²) in [4.78, 5) is 23.0. The van der Waals surface area contributed by atoms with Gasteiger partial charge in [0.05, 0.1) is 22.4 Å². The number of nitrogens with zero attached hydrogens (tertiary/aromatic N) is 7. The maximum absolute atomic E-state index is 12.5. The molecule has 0 unspecified atom stereocenters. The van der Waals surface area contributed by atoms with Crippen LogP contribution in [0.5, 0.6) is 0 Å². The summed E-state index contributed by atoms with van der Waals surface area (Å²) in [5, 5.41) is 29.7. The second-order valence-corrected chi connectivity index (χ2v) is 5.88. The Morgan fingerprint density at radius 1 is 1.39 bits per heavy atom. The second kappa shape index (κ2) is 7.61. The van der Waals surface area contributed by atoms with Crippen molar-refractivity contribution in [1.29, 1.82) is 0 Å². The van der Waals surface area contributed by atoms with E-state index < -0.39 is 10.8 Å². The van der Waals surface area contributed by atoms with Crippen LogP contribution in [0.3, 0.4) is 0 Å². The van der Waals surface area contributed by atoms with E-state index in [-0.39, 0.29) is 34.5 Å². The van der Waals surface area contributed by atoms with Crippen LogP contribution < -0.4 is 11.2 Å². The highest BCUT2D eigenvalue weighted by Crippen LogP contribution is 2.22. The van der Waals surface area contributed by atoms with Gasteiger partial charge in [-0.05, 0) is 22.3 Å². The molecule has 3 N–H and O–H groups in total. The third kappa shape index (κ3) is 3.53. The minimum absolute atomic E-state index is 0.00267. The van der Waals surface area contributed by atoms with Crippen molar-refractivity contribution in [3.8, 4) is 5.82 Å². The van der Waals surface area contributed by atoms with E-state index in [1.165, 1.54) is 29.1 Å². The SMILES string of the molecule is CC(C)c1c(C(=O)N/N=C\c2ccccc2[N+](=O)[O-])nnn1-c1nonc1N. The number of carbonyl (C=O) groups is 1. The number of para-hydroxylation sites is 1. The van der Waals surface area contributed by atoms with Gasteiger partial charge in [-0.2, -0.15) is 9.78 Å². The smallest absolute Gasteiger partial charge is 0.293 e. The lowest BCUT2D eigenvalue weighted by Crippen LogP contribution is -2.21. The number of rotatable bonds is 6. The third-order valence-electron chi connectivity index (χ3n) is 3.67. The Morgan fingerprint density at radius 3 is 2.79 bits per heavy atom. The monoisotopic (exact) mass is 385 g/mol. The molecule has 28 heavy (non-hydrogen) atoms. The van der Waals surface area contributed by atoms with Crippen LogP contribution in [-0.2, 0) is 0 Å². The van der Waals surface area contributed by atoms with Crippen molar-refractivity contribution in [1.82, 2.24) is 30.7 Å². The van der Waals surface area contributed by atoms with Gasteiger partial charge in [0, 0.05) is 6.07 Å². The number of nitro benzene ring substituents is 1. The maximum atomic E-state index is 12.5. The highest BCUT2D eigenvalue weighted by atomic mass is 16.6. The van der Waals surface area contributed by atoms with Gasteiger partial charge >= 0.3 is 0 Å². The highest BCUT2D eigenvalue weighted by Gasteiger charge is 2.25. The number of carbonyl (C=O) groups excluding carboxylic acids is 1. The number of nitrogens with one attached hydrogen (secondary N) is 1. The van der Waals surface area contributed by atoms with Crippen molar-refractivity contribution < 1.29 is 14.3 Å². The number of nitro groups is 1. The van der Waals surface area contributed by atoms with E-state index in [4.69, 9.17) is 5.73 Å². The number of nitrogens with two attached hydrogens (primary N) is 1. The first-order valence-electron chi connectivity index (χ1n) is 8.01. The molecule has 0 aliphatic heterocycles. The lowest BCUT2D eigenvalue weighted by Gasteiger charge is -2.08. The van der Waals surface area contributed by atoms with Crippen molar-refractivity contribution >= 4 is 23.6 Å². The Labute approximate surface area is 157 Å². The fourth-order valence-corrected chi connectivity index (χ4v) is 2.44. The van der Waals surface area contributed by atoms with E-state index >= 15 is 0 Å². The number of hydrogen-bond donors (Lipinski definition) is 2. The molecule has 2 aromatic heterocycles. The molecule has 1 aromatic carbocycles. The first kappa shape index (κ1) is 18.6. The fraction of sp³-hybridized carbons (Fsp3) is 0.200. The molecule has 13 nitrogen and oxygen atoms in total. The Hall–Kier alpha value is -4.16. The molecule has 0 aliphatic rings. The summed E-state index contributed by atoms with van der Waals surface area (Å²) < 4.78 is 5.82. The predicted molar refractivity (Wildman–Crippen MR) is 95.9 cm³/mol. The summed E-state index contributed by atoms with van der Waals surface area (Å²) in [5.74, 6) is -0.724. The van der Waals surface area contributed by atoms with Crippen molar-refractivity contribution in [3.63, 3.8) is 0 Å². The predicted octanol–water partition coefficient (Wildman–Crippen LogP) is 1.03. The number of hydrazone groups is 1. The molecular formula is C15H15N9O4.